The summed E-state index contributed by atoms with van der Waals surface area (Å²) in [4.78, 5) is 13.3. The maximum absolute atomic E-state index is 11.1. The first-order valence-corrected chi connectivity index (χ1v) is 5.95. The van der Waals surface area contributed by atoms with Gasteiger partial charge in [-0.15, -0.1) is 0 Å². The lowest BCUT2D eigenvalue weighted by molar-refractivity contribution is 0.0691. The van der Waals surface area contributed by atoms with Gasteiger partial charge in [-0.05, 0) is 42.4 Å². The standard InChI is InChI=1S/C10H13BrN2O3/c1-13-4-2-3-6(5-13)8-7(10(14)15)9(11)12-16-8/h6H,2-5H2,1H3,(H,14,15). The zero-order chi connectivity index (χ0) is 11.7. The fourth-order valence-corrected chi connectivity index (χ4v) is 2.57. The van der Waals surface area contributed by atoms with Gasteiger partial charge in [0.1, 0.15) is 5.56 Å². The fourth-order valence-electron chi connectivity index (χ4n) is 2.13. The maximum Gasteiger partial charge on any atom is 0.342 e. The lowest BCUT2D eigenvalue weighted by atomic mass is 9.94. The van der Waals surface area contributed by atoms with Crippen molar-refractivity contribution in [1.82, 2.24) is 10.1 Å². The molecule has 5 nitrogen and oxygen atoms in total. The Kier molecular flexibility index (Phi) is 3.30. The molecule has 88 valence electrons. The molecule has 1 unspecified atom stereocenters. The van der Waals surface area contributed by atoms with Gasteiger partial charge in [-0.1, -0.05) is 5.16 Å². The summed E-state index contributed by atoms with van der Waals surface area (Å²) < 4.78 is 5.42. The molecule has 0 aliphatic carbocycles. The summed E-state index contributed by atoms with van der Waals surface area (Å²) in [6.07, 6.45) is 2.00. The van der Waals surface area contributed by atoms with E-state index < -0.39 is 5.97 Å². The van der Waals surface area contributed by atoms with Gasteiger partial charge in [-0.2, -0.15) is 0 Å². The topological polar surface area (TPSA) is 66.6 Å². The van der Waals surface area contributed by atoms with Gasteiger partial charge in [0, 0.05) is 12.5 Å². The van der Waals surface area contributed by atoms with Crippen molar-refractivity contribution in [2.24, 2.45) is 0 Å². The maximum atomic E-state index is 11.1. The number of nitrogens with zero attached hydrogens (tertiary/aromatic N) is 2. The highest BCUT2D eigenvalue weighted by atomic mass is 79.9. The van der Waals surface area contributed by atoms with Crippen LogP contribution in [0, 0.1) is 0 Å². The molecule has 2 rings (SSSR count). The van der Waals surface area contributed by atoms with E-state index in [9.17, 15) is 4.79 Å². The molecule has 0 amide bonds. The molecular formula is C10H13BrN2O3. The summed E-state index contributed by atoms with van der Waals surface area (Å²) >= 11 is 3.10. The zero-order valence-electron chi connectivity index (χ0n) is 8.94. The third-order valence-corrected chi connectivity index (χ3v) is 3.43. The number of carbonyl (C=O) groups is 1. The molecule has 1 saturated heterocycles. The molecule has 0 radical (unpaired) electrons. The van der Waals surface area contributed by atoms with Crippen LogP contribution in [0.1, 0.15) is 34.9 Å². The molecule has 0 spiro atoms. The normalized spacial score (nSPS) is 22.2. The third kappa shape index (κ3) is 2.12. The molecule has 6 heteroatoms. The molecule has 0 bridgehead atoms. The minimum absolute atomic E-state index is 0.128. The van der Waals surface area contributed by atoms with Crippen LogP contribution in [0.2, 0.25) is 0 Å². The molecule has 1 fully saturated rings. The molecule has 1 aliphatic rings. The monoisotopic (exact) mass is 288 g/mol. The number of aromatic nitrogens is 1. The second-order valence-corrected chi connectivity index (χ2v) is 4.87. The van der Waals surface area contributed by atoms with Crippen molar-refractivity contribution in [1.29, 1.82) is 0 Å². The van der Waals surface area contributed by atoms with Crippen LogP contribution in [0.4, 0.5) is 0 Å². The van der Waals surface area contributed by atoms with E-state index in [1.807, 2.05) is 7.05 Å². The number of hydrogen-bond acceptors (Lipinski definition) is 4. The molecule has 16 heavy (non-hydrogen) atoms. The molecule has 2 heterocycles. The Balaban J connectivity index is 2.29. The molecule has 1 aromatic heterocycles. The van der Waals surface area contributed by atoms with E-state index in [0.717, 1.165) is 25.9 Å². The van der Waals surface area contributed by atoms with Crippen LogP contribution >= 0.6 is 15.9 Å². The van der Waals surface area contributed by atoms with Crippen molar-refractivity contribution in [3.8, 4) is 0 Å². The van der Waals surface area contributed by atoms with Crippen molar-refractivity contribution in [2.75, 3.05) is 20.1 Å². The molecule has 1 aromatic rings. The highest BCUT2D eigenvalue weighted by Crippen LogP contribution is 2.32. The second kappa shape index (κ2) is 4.55. The fraction of sp³-hybridized carbons (Fsp3) is 0.600. The number of carboxylic acid groups (broad SMARTS) is 1. The Morgan fingerprint density at radius 2 is 2.44 bits per heavy atom. The van der Waals surface area contributed by atoms with Crippen molar-refractivity contribution >= 4 is 21.9 Å². The predicted octanol–water partition coefficient (Wildman–Crippen LogP) is 1.94. The van der Waals surface area contributed by atoms with Gasteiger partial charge in [0.05, 0.1) is 0 Å². The quantitative estimate of drug-likeness (QED) is 0.901. The van der Waals surface area contributed by atoms with E-state index in [4.69, 9.17) is 9.63 Å². The van der Waals surface area contributed by atoms with Crippen LogP contribution in [0.5, 0.6) is 0 Å². The highest BCUT2D eigenvalue weighted by molar-refractivity contribution is 9.10. The summed E-state index contributed by atoms with van der Waals surface area (Å²) in [5, 5.41) is 12.8. The Morgan fingerprint density at radius 3 is 3.06 bits per heavy atom. The molecule has 0 saturated carbocycles. The number of carboxylic acids is 1. The van der Waals surface area contributed by atoms with Crippen LogP contribution in [0.15, 0.2) is 9.13 Å². The van der Waals surface area contributed by atoms with Crippen LogP contribution in [0.25, 0.3) is 0 Å². The SMILES string of the molecule is CN1CCCC(c2onc(Br)c2C(=O)O)C1. The Morgan fingerprint density at radius 1 is 1.69 bits per heavy atom. The number of piperidine rings is 1. The van der Waals surface area contributed by atoms with Gasteiger partial charge in [0.15, 0.2) is 10.4 Å². The Hall–Kier alpha value is -0.880. The largest absolute Gasteiger partial charge is 0.477 e. The predicted molar refractivity (Wildman–Crippen MR) is 60.6 cm³/mol. The summed E-state index contributed by atoms with van der Waals surface area (Å²) in [7, 11) is 2.03. The lowest BCUT2D eigenvalue weighted by Crippen LogP contribution is -2.31. The van der Waals surface area contributed by atoms with Crippen molar-refractivity contribution < 1.29 is 14.4 Å². The average Bonchev–Trinajstić information content (AvgIpc) is 2.60. The van der Waals surface area contributed by atoms with Gasteiger partial charge in [0.2, 0.25) is 0 Å². The third-order valence-electron chi connectivity index (χ3n) is 2.89. The van der Waals surface area contributed by atoms with E-state index in [-0.39, 0.29) is 16.1 Å². The van der Waals surface area contributed by atoms with Gasteiger partial charge < -0.3 is 14.5 Å². The Bertz CT molecular complexity index is 405. The molecular weight excluding hydrogens is 276 g/mol. The first-order valence-electron chi connectivity index (χ1n) is 5.16. The molecule has 1 atom stereocenters. The van der Waals surface area contributed by atoms with Crippen molar-refractivity contribution in [2.45, 2.75) is 18.8 Å². The number of likely N-dealkylation sites (N-methyl/N-ethyl adjacent to an activating group) is 1. The van der Waals surface area contributed by atoms with Gasteiger partial charge in [-0.3, -0.25) is 0 Å². The van der Waals surface area contributed by atoms with Gasteiger partial charge in [-0.25, -0.2) is 4.79 Å². The van der Waals surface area contributed by atoms with Crippen molar-refractivity contribution in [3.05, 3.63) is 15.9 Å². The number of hydrogen-bond donors (Lipinski definition) is 1. The van der Waals surface area contributed by atoms with E-state index in [1.54, 1.807) is 0 Å². The zero-order valence-corrected chi connectivity index (χ0v) is 10.5. The summed E-state index contributed by atoms with van der Waals surface area (Å²) in [6.45, 7) is 1.87. The first kappa shape index (κ1) is 11.6. The number of rotatable bonds is 2. The minimum atomic E-state index is -0.989. The minimum Gasteiger partial charge on any atom is -0.477 e. The highest BCUT2D eigenvalue weighted by Gasteiger charge is 2.29. The number of halogens is 1. The number of aromatic carboxylic acids is 1. The van der Waals surface area contributed by atoms with E-state index >= 15 is 0 Å². The average molecular weight is 289 g/mol. The van der Waals surface area contributed by atoms with Crippen LogP contribution in [0.3, 0.4) is 0 Å². The Labute approximate surface area is 102 Å². The van der Waals surface area contributed by atoms with E-state index in [0.29, 0.717) is 5.76 Å². The summed E-state index contributed by atoms with van der Waals surface area (Å²) in [6, 6.07) is 0. The van der Waals surface area contributed by atoms with Gasteiger partial charge in [0.25, 0.3) is 0 Å². The number of likely N-dealkylation sites (tertiary alicyclic amines) is 1. The van der Waals surface area contributed by atoms with E-state index in [2.05, 4.69) is 26.0 Å². The molecule has 1 N–H and O–H groups in total. The van der Waals surface area contributed by atoms with Gasteiger partial charge >= 0.3 is 5.97 Å². The summed E-state index contributed by atoms with van der Waals surface area (Å²) in [5.74, 6) is -0.370. The second-order valence-electron chi connectivity index (χ2n) is 4.12. The first-order chi connectivity index (χ1) is 7.59. The van der Waals surface area contributed by atoms with Crippen LogP contribution < -0.4 is 0 Å². The molecule has 1 aliphatic heterocycles. The molecule has 0 aromatic carbocycles. The smallest absolute Gasteiger partial charge is 0.342 e. The van der Waals surface area contributed by atoms with Crippen molar-refractivity contribution in [3.63, 3.8) is 0 Å². The van der Waals surface area contributed by atoms with Crippen LogP contribution in [-0.2, 0) is 0 Å². The lowest BCUT2D eigenvalue weighted by Gasteiger charge is -2.28. The summed E-state index contributed by atoms with van der Waals surface area (Å²) in [5.41, 5.74) is 0.167. The van der Waals surface area contributed by atoms with E-state index in [1.165, 1.54) is 0 Å². The van der Waals surface area contributed by atoms with Crippen LogP contribution in [-0.4, -0.2) is 41.3 Å².